The van der Waals surface area contributed by atoms with Crippen LogP contribution in [0.25, 0.3) is 6.08 Å². The molecular weight excluding hydrogens is 196 g/mol. The number of hydrogen-bond donors (Lipinski definition) is 0. The van der Waals surface area contributed by atoms with Crippen LogP contribution in [0.3, 0.4) is 0 Å². The highest BCUT2D eigenvalue weighted by Gasteiger charge is 2.11. The second-order valence-corrected chi connectivity index (χ2v) is 4.02. The van der Waals surface area contributed by atoms with Gasteiger partial charge in [0.15, 0.2) is 11.5 Å². The monoisotopic (exact) mass is 208 g/mol. The first kappa shape index (κ1) is 9.46. The molecule has 14 heavy (non-hydrogen) atoms. The summed E-state index contributed by atoms with van der Waals surface area (Å²) in [6, 6.07) is 4.04. The maximum Gasteiger partial charge on any atom is 0.161 e. The van der Waals surface area contributed by atoms with E-state index in [1.165, 1.54) is 10.5 Å². The summed E-state index contributed by atoms with van der Waals surface area (Å²) in [5.74, 6) is 2.62. The lowest BCUT2D eigenvalue weighted by Gasteiger charge is -2.14. The van der Waals surface area contributed by atoms with Gasteiger partial charge in [-0.15, -0.1) is 11.8 Å². The predicted molar refractivity (Wildman–Crippen MR) is 59.3 cm³/mol. The fourth-order valence-corrected chi connectivity index (χ4v) is 2.30. The minimum absolute atomic E-state index is 0.790. The second-order valence-electron chi connectivity index (χ2n) is 2.96. The van der Waals surface area contributed by atoms with E-state index in [9.17, 15) is 0 Å². The van der Waals surface area contributed by atoms with Crippen molar-refractivity contribution < 1.29 is 9.47 Å². The lowest BCUT2D eigenvalue weighted by atomic mass is 10.2. The third kappa shape index (κ3) is 1.60. The normalized spacial score (nSPS) is 13.6. The van der Waals surface area contributed by atoms with Gasteiger partial charge in [-0.05, 0) is 17.7 Å². The van der Waals surface area contributed by atoms with Gasteiger partial charge in [0.1, 0.15) is 0 Å². The number of hydrogen-bond acceptors (Lipinski definition) is 3. The zero-order valence-corrected chi connectivity index (χ0v) is 9.06. The van der Waals surface area contributed by atoms with E-state index in [0.717, 1.165) is 17.3 Å². The van der Waals surface area contributed by atoms with E-state index in [4.69, 9.17) is 9.47 Å². The van der Waals surface area contributed by atoms with Crippen molar-refractivity contribution in [1.29, 1.82) is 0 Å². The molecule has 0 aromatic heterocycles. The number of ether oxygens (including phenoxy) is 2. The topological polar surface area (TPSA) is 18.5 Å². The third-order valence-electron chi connectivity index (χ3n) is 2.15. The van der Waals surface area contributed by atoms with E-state index in [1.807, 2.05) is 23.9 Å². The predicted octanol–water partition coefficient (Wildman–Crippen LogP) is 2.82. The highest BCUT2D eigenvalue weighted by Crippen LogP contribution is 2.37. The van der Waals surface area contributed by atoms with Crippen molar-refractivity contribution in [1.82, 2.24) is 0 Å². The van der Waals surface area contributed by atoms with Gasteiger partial charge in [-0.2, -0.15) is 0 Å². The first-order chi connectivity index (χ1) is 6.85. The van der Waals surface area contributed by atoms with Crippen LogP contribution < -0.4 is 9.47 Å². The number of benzene rings is 1. The molecule has 74 valence electrons. The molecule has 1 aromatic rings. The quantitative estimate of drug-likeness (QED) is 0.744. The average Bonchev–Trinajstić information content (AvgIpc) is 2.27. The fraction of sp³-hybridized carbons (Fsp3) is 0.273. The highest BCUT2D eigenvalue weighted by molar-refractivity contribution is 7.99. The smallest absolute Gasteiger partial charge is 0.161 e. The summed E-state index contributed by atoms with van der Waals surface area (Å²) < 4.78 is 10.5. The molecule has 0 fully saturated rings. The molecule has 0 spiro atoms. The fourth-order valence-electron chi connectivity index (χ4n) is 1.44. The van der Waals surface area contributed by atoms with Crippen molar-refractivity contribution in [2.75, 3.05) is 20.0 Å². The van der Waals surface area contributed by atoms with Crippen LogP contribution in [-0.4, -0.2) is 20.0 Å². The lowest BCUT2D eigenvalue weighted by Crippen LogP contribution is -1.94. The van der Waals surface area contributed by atoms with Crippen LogP contribution in [0.5, 0.6) is 11.5 Å². The number of methoxy groups -OCH3 is 2. The van der Waals surface area contributed by atoms with Crippen LogP contribution in [0.15, 0.2) is 23.1 Å². The minimum Gasteiger partial charge on any atom is -0.493 e. The standard InChI is InChI=1S/C11H12O2S/c1-12-9-6-8-4-3-5-14-11(8)7-10(9)13-2/h3-4,6-7H,5H2,1-2H3. The Kier molecular flexibility index (Phi) is 2.68. The largest absolute Gasteiger partial charge is 0.493 e. The maximum absolute atomic E-state index is 5.24. The van der Waals surface area contributed by atoms with Gasteiger partial charge < -0.3 is 9.47 Å². The Morgan fingerprint density at radius 3 is 2.57 bits per heavy atom. The van der Waals surface area contributed by atoms with Gasteiger partial charge in [0, 0.05) is 10.6 Å². The molecular formula is C11H12O2S. The summed E-state index contributed by atoms with van der Waals surface area (Å²) in [6.07, 6.45) is 4.27. The molecule has 1 heterocycles. The average molecular weight is 208 g/mol. The SMILES string of the molecule is COc1cc2c(cc1OC)SCC=C2. The highest BCUT2D eigenvalue weighted by atomic mass is 32.2. The van der Waals surface area contributed by atoms with Gasteiger partial charge >= 0.3 is 0 Å². The number of thioether (sulfide) groups is 1. The van der Waals surface area contributed by atoms with Gasteiger partial charge in [-0.25, -0.2) is 0 Å². The maximum atomic E-state index is 5.24. The molecule has 0 N–H and O–H groups in total. The zero-order valence-electron chi connectivity index (χ0n) is 8.24. The molecule has 0 amide bonds. The summed E-state index contributed by atoms with van der Waals surface area (Å²) in [5, 5.41) is 0. The Morgan fingerprint density at radius 1 is 1.14 bits per heavy atom. The van der Waals surface area contributed by atoms with Crippen LogP contribution >= 0.6 is 11.8 Å². The molecule has 0 saturated heterocycles. The summed E-state index contributed by atoms with van der Waals surface area (Å²) in [4.78, 5) is 1.25. The lowest BCUT2D eigenvalue weighted by molar-refractivity contribution is 0.354. The van der Waals surface area contributed by atoms with Crippen molar-refractivity contribution >= 4 is 17.8 Å². The van der Waals surface area contributed by atoms with Crippen LogP contribution in [0.4, 0.5) is 0 Å². The first-order valence-electron chi connectivity index (χ1n) is 4.40. The zero-order chi connectivity index (χ0) is 9.97. The molecule has 3 heteroatoms. The molecule has 1 aromatic carbocycles. The van der Waals surface area contributed by atoms with E-state index in [2.05, 4.69) is 12.2 Å². The molecule has 0 bridgehead atoms. The minimum atomic E-state index is 0.790. The Balaban J connectivity index is 2.50. The second kappa shape index (κ2) is 3.96. The summed E-state index contributed by atoms with van der Waals surface area (Å²) in [5.41, 5.74) is 1.21. The van der Waals surface area contributed by atoms with Crippen molar-refractivity contribution in [3.63, 3.8) is 0 Å². The molecule has 2 nitrogen and oxygen atoms in total. The molecule has 0 atom stereocenters. The molecule has 2 rings (SSSR count). The van der Waals surface area contributed by atoms with E-state index < -0.39 is 0 Å². The Hall–Kier alpha value is -1.09. The molecule has 0 saturated carbocycles. The van der Waals surface area contributed by atoms with Gasteiger partial charge in [0.2, 0.25) is 0 Å². The van der Waals surface area contributed by atoms with Crippen molar-refractivity contribution in [3.8, 4) is 11.5 Å². The Labute approximate surface area is 87.9 Å². The molecule has 0 aliphatic carbocycles. The number of rotatable bonds is 2. The summed E-state index contributed by atoms with van der Waals surface area (Å²) >= 11 is 1.82. The molecule has 1 aliphatic rings. The van der Waals surface area contributed by atoms with Crippen LogP contribution in [-0.2, 0) is 0 Å². The molecule has 0 unspecified atom stereocenters. The van der Waals surface area contributed by atoms with E-state index in [0.29, 0.717) is 0 Å². The van der Waals surface area contributed by atoms with Crippen LogP contribution in [0, 0.1) is 0 Å². The van der Waals surface area contributed by atoms with Gasteiger partial charge in [-0.1, -0.05) is 12.2 Å². The summed E-state index contributed by atoms with van der Waals surface area (Å²) in [7, 11) is 3.32. The van der Waals surface area contributed by atoms with E-state index >= 15 is 0 Å². The summed E-state index contributed by atoms with van der Waals surface area (Å²) in [6.45, 7) is 0. The molecule has 0 radical (unpaired) electrons. The van der Waals surface area contributed by atoms with Crippen LogP contribution in [0.1, 0.15) is 5.56 Å². The van der Waals surface area contributed by atoms with E-state index in [-0.39, 0.29) is 0 Å². The van der Waals surface area contributed by atoms with E-state index in [1.54, 1.807) is 14.2 Å². The first-order valence-corrected chi connectivity index (χ1v) is 5.39. The van der Waals surface area contributed by atoms with Gasteiger partial charge in [0.25, 0.3) is 0 Å². The van der Waals surface area contributed by atoms with Crippen molar-refractivity contribution in [2.24, 2.45) is 0 Å². The Bertz CT molecular complexity index is 372. The van der Waals surface area contributed by atoms with Crippen molar-refractivity contribution in [2.45, 2.75) is 4.90 Å². The van der Waals surface area contributed by atoms with Gasteiger partial charge in [0.05, 0.1) is 14.2 Å². The Morgan fingerprint density at radius 2 is 1.86 bits per heavy atom. The molecule has 1 aliphatic heterocycles. The number of fused-ring (bicyclic) bond motifs is 1. The van der Waals surface area contributed by atoms with Crippen molar-refractivity contribution in [3.05, 3.63) is 23.8 Å². The third-order valence-corrected chi connectivity index (χ3v) is 3.17. The van der Waals surface area contributed by atoms with Crippen LogP contribution in [0.2, 0.25) is 0 Å². The van der Waals surface area contributed by atoms with Gasteiger partial charge in [-0.3, -0.25) is 0 Å².